The van der Waals surface area contributed by atoms with Gasteiger partial charge in [0.1, 0.15) is 5.75 Å². The van der Waals surface area contributed by atoms with Crippen molar-refractivity contribution in [2.45, 2.75) is 6.42 Å². The summed E-state index contributed by atoms with van der Waals surface area (Å²) in [5.41, 5.74) is 0.668. The van der Waals surface area contributed by atoms with Gasteiger partial charge >= 0.3 is 5.97 Å². The number of phenolic OH excluding ortho intramolecular Hbond substituents is 1. The van der Waals surface area contributed by atoms with Gasteiger partial charge in [0.25, 0.3) is 0 Å². The second-order valence-corrected chi connectivity index (χ2v) is 2.79. The van der Waals surface area contributed by atoms with Gasteiger partial charge in [-0.05, 0) is 6.07 Å². The Morgan fingerprint density at radius 1 is 1.54 bits per heavy atom. The lowest BCUT2D eigenvalue weighted by atomic mass is 10.1. The van der Waals surface area contributed by atoms with Crippen molar-refractivity contribution in [1.29, 1.82) is 0 Å². The van der Waals surface area contributed by atoms with Crippen LogP contribution in [0.1, 0.15) is 5.56 Å². The number of methoxy groups -OCH3 is 1. The minimum Gasteiger partial charge on any atom is -0.508 e. The molecular weight excluding hydrogens is 172 g/mol. The Balaban J connectivity index is 2.56. The number of hydrogen-bond donors (Lipinski definition) is 1. The number of carbonyl (C=O) groups is 1. The molecule has 1 heterocycles. The fraction of sp³-hybridized carbons (Fsp3) is 0.222. The van der Waals surface area contributed by atoms with Crippen LogP contribution in [0.2, 0.25) is 0 Å². The first-order chi connectivity index (χ1) is 6.20. The Morgan fingerprint density at radius 2 is 2.31 bits per heavy atom. The van der Waals surface area contributed by atoms with Gasteiger partial charge in [-0.25, -0.2) is 0 Å². The van der Waals surface area contributed by atoms with Crippen LogP contribution in [0.5, 0.6) is 17.2 Å². The maximum Gasteiger partial charge on any atom is 0.315 e. The van der Waals surface area contributed by atoms with Crippen molar-refractivity contribution in [2.75, 3.05) is 7.11 Å². The summed E-state index contributed by atoms with van der Waals surface area (Å²) in [6.45, 7) is 0. The fourth-order valence-corrected chi connectivity index (χ4v) is 1.35. The van der Waals surface area contributed by atoms with Gasteiger partial charge in [0, 0.05) is 11.6 Å². The smallest absolute Gasteiger partial charge is 0.315 e. The zero-order valence-electron chi connectivity index (χ0n) is 7.03. The van der Waals surface area contributed by atoms with Crippen molar-refractivity contribution in [3.8, 4) is 17.2 Å². The van der Waals surface area contributed by atoms with Crippen LogP contribution in [-0.2, 0) is 11.2 Å². The van der Waals surface area contributed by atoms with Crippen LogP contribution in [-0.4, -0.2) is 18.2 Å². The van der Waals surface area contributed by atoms with Crippen LogP contribution in [0.25, 0.3) is 0 Å². The lowest BCUT2D eigenvalue weighted by Gasteiger charge is -2.05. The summed E-state index contributed by atoms with van der Waals surface area (Å²) < 4.78 is 9.86. The summed E-state index contributed by atoms with van der Waals surface area (Å²) in [5.74, 6) is 0.568. The SMILES string of the molecule is COc1cc(O)cc2c1OC(=O)C2. The number of fused-ring (bicyclic) bond motifs is 1. The molecule has 1 aliphatic heterocycles. The van der Waals surface area contributed by atoms with Crippen molar-refractivity contribution in [3.05, 3.63) is 17.7 Å². The van der Waals surface area contributed by atoms with Gasteiger partial charge in [0.15, 0.2) is 11.5 Å². The van der Waals surface area contributed by atoms with E-state index in [1.54, 1.807) is 0 Å². The highest BCUT2D eigenvalue weighted by atomic mass is 16.6. The molecule has 0 fully saturated rings. The van der Waals surface area contributed by atoms with Crippen molar-refractivity contribution in [2.24, 2.45) is 0 Å². The predicted molar refractivity (Wildman–Crippen MR) is 44.0 cm³/mol. The molecule has 13 heavy (non-hydrogen) atoms. The molecule has 1 N–H and O–H groups in total. The molecule has 0 radical (unpaired) electrons. The minimum atomic E-state index is -0.320. The monoisotopic (exact) mass is 180 g/mol. The Labute approximate surface area is 74.7 Å². The molecule has 4 heteroatoms. The van der Waals surface area contributed by atoms with E-state index < -0.39 is 0 Å². The highest BCUT2D eigenvalue weighted by Gasteiger charge is 2.24. The largest absolute Gasteiger partial charge is 0.508 e. The highest BCUT2D eigenvalue weighted by Crippen LogP contribution is 2.38. The molecule has 0 aromatic heterocycles. The second-order valence-electron chi connectivity index (χ2n) is 2.79. The molecule has 0 atom stereocenters. The van der Waals surface area contributed by atoms with Gasteiger partial charge in [-0.3, -0.25) is 4.79 Å². The number of aromatic hydroxyl groups is 1. The first kappa shape index (κ1) is 7.91. The molecule has 0 aliphatic carbocycles. The highest BCUT2D eigenvalue weighted by molar-refractivity contribution is 5.83. The van der Waals surface area contributed by atoms with Crippen molar-refractivity contribution in [3.63, 3.8) is 0 Å². The molecule has 1 aliphatic rings. The van der Waals surface area contributed by atoms with Gasteiger partial charge in [0.05, 0.1) is 13.5 Å². The van der Waals surface area contributed by atoms with Gasteiger partial charge < -0.3 is 14.6 Å². The summed E-state index contributed by atoms with van der Waals surface area (Å²) in [5, 5.41) is 9.25. The molecule has 1 aromatic carbocycles. The van der Waals surface area contributed by atoms with E-state index in [-0.39, 0.29) is 18.1 Å². The van der Waals surface area contributed by atoms with Gasteiger partial charge in [-0.1, -0.05) is 0 Å². The fourth-order valence-electron chi connectivity index (χ4n) is 1.35. The molecule has 0 saturated heterocycles. The van der Waals surface area contributed by atoms with E-state index in [0.717, 1.165) is 0 Å². The Kier molecular flexibility index (Phi) is 1.62. The van der Waals surface area contributed by atoms with E-state index in [0.29, 0.717) is 17.1 Å². The van der Waals surface area contributed by atoms with Crippen LogP contribution in [0.4, 0.5) is 0 Å². The van der Waals surface area contributed by atoms with Crippen LogP contribution >= 0.6 is 0 Å². The number of hydrogen-bond acceptors (Lipinski definition) is 4. The maximum absolute atomic E-state index is 10.9. The van der Waals surface area contributed by atoms with E-state index in [1.165, 1.54) is 19.2 Å². The topological polar surface area (TPSA) is 55.8 Å². The van der Waals surface area contributed by atoms with E-state index >= 15 is 0 Å². The molecular formula is C9H8O4. The van der Waals surface area contributed by atoms with Crippen molar-refractivity contribution >= 4 is 5.97 Å². The number of rotatable bonds is 1. The van der Waals surface area contributed by atoms with Crippen molar-refractivity contribution < 1.29 is 19.4 Å². The summed E-state index contributed by atoms with van der Waals surface area (Å²) in [7, 11) is 1.46. The third kappa shape index (κ3) is 1.20. The standard InChI is InChI=1S/C9H8O4/c1-12-7-4-6(10)2-5-3-8(11)13-9(5)7/h2,4,10H,3H2,1H3. The molecule has 0 amide bonds. The lowest BCUT2D eigenvalue weighted by molar-refractivity contribution is -0.131. The zero-order chi connectivity index (χ0) is 9.42. The molecule has 0 bridgehead atoms. The quantitative estimate of drug-likeness (QED) is 0.514. The normalized spacial score (nSPS) is 13.8. The number of ether oxygens (including phenoxy) is 2. The average Bonchev–Trinajstić information content (AvgIpc) is 2.43. The summed E-state index contributed by atoms with van der Waals surface area (Å²) in [4.78, 5) is 10.9. The van der Waals surface area contributed by atoms with E-state index in [9.17, 15) is 9.90 Å². The van der Waals surface area contributed by atoms with E-state index in [1.807, 2.05) is 0 Å². The van der Waals surface area contributed by atoms with Crippen LogP contribution in [0.3, 0.4) is 0 Å². The third-order valence-electron chi connectivity index (χ3n) is 1.89. The van der Waals surface area contributed by atoms with Gasteiger partial charge in [0.2, 0.25) is 0 Å². The average molecular weight is 180 g/mol. The lowest BCUT2D eigenvalue weighted by Crippen LogP contribution is -2.00. The first-order valence-corrected chi connectivity index (χ1v) is 3.81. The van der Waals surface area contributed by atoms with Crippen LogP contribution < -0.4 is 9.47 Å². The molecule has 0 spiro atoms. The summed E-state index contributed by atoms with van der Waals surface area (Å²) in [6.07, 6.45) is 0.195. The van der Waals surface area contributed by atoms with E-state index in [2.05, 4.69) is 0 Å². The van der Waals surface area contributed by atoms with E-state index in [4.69, 9.17) is 9.47 Å². The Bertz CT molecular complexity index is 370. The maximum atomic E-state index is 10.9. The molecule has 68 valence electrons. The summed E-state index contributed by atoms with van der Waals surface area (Å²) >= 11 is 0. The van der Waals surface area contributed by atoms with Gasteiger partial charge in [-0.2, -0.15) is 0 Å². The molecule has 2 rings (SSSR count). The molecule has 0 unspecified atom stereocenters. The molecule has 0 saturated carbocycles. The summed E-state index contributed by atoms with van der Waals surface area (Å²) in [6, 6.07) is 2.92. The van der Waals surface area contributed by atoms with Crippen LogP contribution in [0.15, 0.2) is 12.1 Å². The Hall–Kier alpha value is -1.71. The molecule has 1 aromatic rings. The number of carbonyl (C=O) groups excluding carboxylic acids is 1. The number of esters is 1. The van der Waals surface area contributed by atoms with Crippen LogP contribution in [0, 0.1) is 0 Å². The minimum absolute atomic E-state index is 0.0777. The second kappa shape index (κ2) is 2.65. The number of phenols is 1. The zero-order valence-corrected chi connectivity index (χ0v) is 7.03. The van der Waals surface area contributed by atoms with Crippen molar-refractivity contribution in [1.82, 2.24) is 0 Å². The number of benzene rings is 1. The first-order valence-electron chi connectivity index (χ1n) is 3.81. The molecule has 4 nitrogen and oxygen atoms in total. The van der Waals surface area contributed by atoms with Gasteiger partial charge in [-0.15, -0.1) is 0 Å². The third-order valence-corrected chi connectivity index (χ3v) is 1.89. The predicted octanol–water partition coefficient (Wildman–Crippen LogP) is 0.862. The Morgan fingerprint density at radius 3 is 3.00 bits per heavy atom.